The molecule has 1 aromatic heterocycles. The molecule has 1 aliphatic carbocycles. The van der Waals surface area contributed by atoms with Crippen molar-refractivity contribution in [1.29, 1.82) is 0 Å². The molecule has 0 radical (unpaired) electrons. The van der Waals surface area contributed by atoms with Crippen LogP contribution in [-0.4, -0.2) is 30.7 Å². The van der Waals surface area contributed by atoms with Crippen LogP contribution in [0.3, 0.4) is 0 Å². The van der Waals surface area contributed by atoms with E-state index in [0.717, 1.165) is 31.2 Å². The van der Waals surface area contributed by atoms with E-state index < -0.39 is 5.41 Å². The van der Waals surface area contributed by atoms with Crippen LogP contribution in [0.1, 0.15) is 43.9 Å². The van der Waals surface area contributed by atoms with Gasteiger partial charge in [-0.15, -0.1) is 0 Å². The lowest BCUT2D eigenvalue weighted by molar-refractivity contribution is -0.121. The maximum atomic E-state index is 13.4. The fourth-order valence-electron chi connectivity index (χ4n) is 3.82. The van der Waals surface area contributed by atoms with E-state index in [1.165, 1.54) is 0 Å². The summed E-state index contributed by atoms with van der Waals surface area (Å²) in [6, 6.07) is 8.94. The topological polar surface area (TPSA) is 60.5 Å². The zero-order chi connectivity index (χ0) is 20.9. The van der Waals surface area contributed by atoms with Crippen LogP contribution in [0.5, 0.6) is 5.88 Å². The third-order valence-corrected chi connectivity index (χ3v) is 5.88. The van der Waals surface area contributed by atoms with Crippen LogP contribution in [0, 0.1) is 6.92 Å². The van der Waals surface area contributed by atoms with E-state index in [0.29, 0.717) is 47.1 Å². The number of hydrogen-bond donors (Lipinski definition) is 1. The molecule has 29 heavy (non-hydrogen) atoms. The number of aryl methyl sites for hydroxylation is 1. The van der Waals surface area contributed by atoms with E-state index >= 15 is 0 Å². The number of amides is 1. The first kappa shape index (κ1) is 21.9. The van der Waals surface area contributed by atoms with E-state index in [2.05, 4.69) is 10.3 Å². The minimum atomic E-state index is -0.652. The number of carbonyl (C=O) groups excluding carboxylic acids is 1. The van der Waals surface area contributed by atoms with Crippen molar-refractivity contribution in [2.75, 3.05) is 25.1 Å². The van der Waals surface area contributed by atoms with Crippen molar-refractivity contribution in [3.63, 3.8) is 0 Å². The Hall–Kier alpha value is -1.82. The molecule has 5 nitrogen and oxygen atoms in total. The predicted octanol–water partition coefficient (Wildman–Crippen LogP) is 5.56. The highest BCUT2D eigenvalue weighted by Gasteiger charge is 2.44. The summed E-state index contributed by atoms with van der Waals surface area (Å²) in [5.41, 5.74) is 1.55. The van der Waals surface area contributed by atoms with E-state index in [9.17, 15) is 4.79 Å². The minimum absolute atomic E-state index is 0.0610. The van der Waals surface area contributed by atoms with Crippen LogP contribution >= 0.6 is 23.2 Å². The van der Waals surface area contributed by atoms with Gasteiger partial charge in [0.2, 0.25) is 11.8 Å². The number of nitrogens with one attached hydrogen (secondary N) is 1. The molecule has 2 aromatic rings. The van der Waals surface area contributed by atoms with Gasteiger partial charge in [0.1, 0.15) is 6.61 Å². The number of rotatable bonds is 8. The molecule has 3 rings (SSSR count). The number of anilines is 1. The van der Waals surface area contributed by atoms with Crippen molar-refractivity contribution in [2.24, 2.45) is 0 Å². The zero-order valence-electron chi connectivity index (χ0n) is 16.8. The molecule has 1 amide bonds. The molecule has 1 heterocycles. The second-order valence-electron chi connectivity index (χ2n) is 7.20. The van der Waals surface area contributed by atoms with Gasteiger partial charge in [-0.25, -0.2) is 4.98 Å². The summed E-state index contributed by atoms with van der Waals surface area (Å²) in [6.07, 6.45) is 3.48. The average Bonchev–Trinajstić information content (AvgIpc) is 3.18. The molecule has 0 aliphatic heterocycles. The van der Waals surface area contributed by atoms with Gasteiger partial charge >= 0.3 is 0 Å². The third-order valence-electron chi connectivity index (χ3n) is 5.33. The summed E-state index contributed by atoms with van der Waals surface area (Å²) in [7, 11) is 0. The van der Waals surface area contributed by atoms with E-state index in [1.54, 1.807) is 18.2 Å². The molecule has 0 atom stereocenters. The number of benzene rings is 1. The molecule has 1 saturated carbocycles. The van der Waals surface area contributed by atoms with Crippen molar-refractivity contribution >= 4 is 34.8 Å². The van der Waals surface area contributed by atoms with Crippen LogP contribution in [0.4, 0.5) is 5.69 Å². The summed E-state index contributed by atoms with van der Waals surface area (Å²) in [4.78, 5) is 17.8. The summed E-state index contributed by atoms with van der Waals surface area (Å²) in [5.74, 6) is 0.450. The number of carbonyl (C=O) groups is 1. The lowest BCUT2D eigenvalue weighted by Crippen LogP contribution is -2.38. The summed E-state index contributed by atoms with van der Waals surface area (Å²) in [5, 5.41) is 4.16. The molecule has 1 aliphatic rings. The normalized spacial score (nSPS) is 15.3. The summed E-state index contributed by atoms with van der Waals surface area (Å²) >= 11 is 12.5. The van der Waals surface area contributed by atoms with E-state index in [1.807, 2.05) is 26.0 Å². The molecule has 1 aromatic carbocycles. The molecule has 7 heteroatoms. The van der Waals surface area contributed by atoms with Crippen molar-refractivity contribution in [3.05, 3.63) is 51.6 Å². The SMILES string of the molecule is CCOCCOc1ccc(NC(=O)C2(c3ccc(Cl)cc3Cl)CCCC2)c(C)n1. The first-order valence-electron chi connectivity index (χ1n) is 9.91. The van der Waals surface area contributed by atoms with Crippen molar-refractivity contribution in [2.45, 2.75) is 44.9 Å². The van der Waals surface area contributed by atoms with Gasteiger partial charge in [-0.2, -0.15) is 0 Å². The Kier molecular flexibility index (Phi) is 7.38. The molecule has 0 unspecified atom stereocenters. The van der Waals surface area contributed by atoms with Gasteiger partial charge < -0.3 is 14.8 Å². The predicted molar refractivity (Wildman–Crippen MR) is 116 cm³/mol. The Labute approximate surface area is 181 Å². The van der Waals surface area contributed by atoms with Crippen molar-refractivity contribution in [1.82, 2.24) is 4.98 Å². The van der Waals surface area contributed by atoms with Crippen molar-refractivity contribution in [3.8, 4) is 5.88 Å². The van der Waals surface area contributed by atoms with Crippen LogP contribution in [0.2, 0.25) is 10.0 Å². The Balaban J connectivity index is 1.77. The van der Waals surface area contributed by atoms with Gasteiger partial charge in [0.15, 0.2) is 0 Å². The molecule has 0 bridgehead atoms. The summed E-state index contributed by atoms with van der Waals surface area (Å²) < 4.78 is 10.8. The molecular weight excluding hydrogens is 411 g/mol. The van der Waals surface area contributed by atoms with E-state index in [4.69, 9.17) is 32.7 Å². The Bertz CT molecular complexity index is 867. The second-order valence-corrected chi connectivity index (χ2v) is 8.04. The fourth-order valence-corrected chi connectivity index (χ4v) is 4.41. The maximum Gasteiger partial charge on any atom is 0.235 e. The Morgan fingerprint density at radius 2 is 1.93 bits per heavy atom. The number of nitrogens with zero attached hydrogens (tertiary/aromatic N) is 1. The number of hydrogen-bond acceptors (Lipinski definition) is 4. The lowest BCUT2D eigenvalue weighted by Gasteiger charge is -2.29. The first-order valence-corrected chi connectivity index (χ1v) is 10.7. The lowest BCUT2D eigenvalue weighted by atomic mass is 9.78. The molecule has 0 saturated heterocycles. The second kappa shape index (κ2) is 9.79. The molecule has 1 fully saturated rings. The number of pyridine rings is 1. The highest BCUT2D eigenvalue weighted by Crippen LogP contribution is 2.45. The van der Waals surface area contributed by atoms with E-state index in [-0.39, 0.29) is 5.91 Å². The number of aromatic nitrogens is 1. The van der Waals surface area contributed by atoms with Gasteiger partial charge in [-0.1, -0.05) is 42.1 Å². The quantitative estimate of drug-likeness (QED) is 0.549. The third kappa shape index (κ3) is 5.03. The van der Waals surface area contributed by atoms with Gasteiger partial charge in [0, 0.05) is 22.7 Å². The smallest absolute Gasteiger partial charge is 0.235 e. The Morgan fingerprint density at radius 1 is 1.17 bits per heavy atom. The first-order chi connectivity index (χ1) is 14.0. The highest BCUT2D eigenvalue weighted by atomic mass is 35.5. The van der Waals surface area contributed by atoms with Gasteiger partial charge in [-0.05, 0) is 50.5 Å². The van der Waals surface area contributed by atoms with Crippen LogP contribution in [-0.2, 0) is 14.9 Å². The maximum absolute atomic E-state index is 13.4. The van der Waals surface area contributed by atoms with Crippen molar-refractivity contribution < 1.29 is 14.3 Å². The van der Waals surface area contributed by atoms with Gasteiger partial charge in [0.25, 0.3) is 0 Å². The highest BCUT2D eigenvalue weighted by molar-refractivity contribution is 6.35. The van der Waals surface area contributed by atoms with Gasteiger partial charge in [-0.3, -0.25) is 4.79 Å². The fraction of sp³-hybridized carbons (Fsp3) is 0.455. The minimum Gasteiger partial charge on any atom is -0.475 e. The molecular formula is C22H26Cl2N2O3. The summed E-state index contributed by atoms with van der Waals surface area (Å²) in [6.45, 7) is 5.39. The molecule has 156 valence electrons. The number of halogens is 2. The Morgan fingerprint density at radius 3 is 2.59 bits per heavy atom. The standard InChI is InChI=1S/C22H26Cl2N2O3/c1-3-28-12-13-29-20-9-8-19(15(2)25-20)26-21(27)22(10-4-5-11-22)17-7-6-16(23)14-18(17)24/h6-9,14H,3-5,10-13H2,1-2H3,(H,26,27). The van der Waals surface area contributed by atoms with Gasteiger partial charge in [0.05, 0.1) is 23.4 Å². The number of ether oxygens (including phenoxy) is 2. The molecule has 0 spiro atoms. The average molecular weight is 437 g/mol. The largest absolute Gasteiger partial charge is 0.475 e. The van der Waals surface area contributed by atoms with Crippen LogP contribution < -0.4 is 10.1 Å². The monoisotopic (exact) mass is 436 g/mol. The van der Waals surface area contributed by atoms with Crippen LogP contribution in [0.25, 0.3) is 0 Å². The van der Waals surface area contributed by atoms with Crippen LogP contribution in [0.15, 0.2) is 30.3 Å². The molecule has 1 N–H and O–H groups in total. The zero-order valence-corrected chi connectivity index (χ0v) is 18.3.